The maximum atomic E-state index is 14.6. The third-order valence-electron chi connectivity index (χ3n) is 4.60. The second-order valence-corrected chi connectivity index (χ2v) is 7.10. The van der Waals surface area contributed by atoms with E-state index in [4.69, 9.17) is 26.9 Å². The van der Waals surface area contributed by atoms with Crippen molar-refractivity contribution < 1.29 is 22.7 Å². The second-order valence-electron chi connectivity index (χ2n) is 6.70. The zero-order valence-corrected chi connectivity index (χ0v) is 18.3. The standard InChI is InChI=1S/C22H20ClF3N2O.CH3NO/c1-3-29-22-12(2)8-20(16(11-27)13-4-6-14(24)7-5-13)28-21(22)15-9-17(23)19(26)10-18(15)25;2-1-3/h4-10,16H,3,11,27H2,1-2H3;1H,(H2,2,3). The van der Waals surface area contributed by atoms with E-state index in [1.165, 1.54) is 18.2 Å². The molecule has 0 aliphatic rings. The van der Waals surface area contributed by atoms with Crippen molar-refractivity contribution in [3.05, 3.63) is 81.8 Å². The van der Waals surface area contributed by atoms with Crippen LogP contribution in [0.4, 0.5) is 13.2 Å². The van der Waals surface area contributed by atoms with Crippen LogP contribution in [0.25, 0.3) is 11.3 Å². The van der Waals surface area contributed by atoms with Crippen LogP contribution in [0.15, 0.2) is 42.5 Å². The van der Waals surface area contributed by atoms with Crippen molar-refractivity contribution in [3.8, 4) is 17.0 Å². The zero-order valence-electron chi connectivity index (χ0n) is 17.5. The summed E-state index contributed by atoms with van der Waals surface area (Å²) >= 11 is 5.88. The summed E-state index contributed by atoms with van der Waals surface area (Å²) in [7, 11) is 0. The van der Waals surface area contributed by atoms with Gasteiger partial charge >= 0.3 is 0 Å². The lowest BCUT2D eigenvalue weighted by Gasteiger charge is -2.20. The fraction of sp³-hybridized carbons (Fsp3) is 0.217. The Morgan fingerprint density at radius 1 is 1.12 bits per heavy atom. The summed E-state index contributed by atoms with van der Waals surface area (Å²) in [5, 5.41) is -0.220. The molecule has 1 amide bonds. The summed E-state index contributed by atoms with van der Waals surface area (Å²) in [6.45, 7) is 4.15. The van der Waals surface area contributed by atoms with Gasteiger partial charge in [-0.2, -0.15) is 0 Å². The van der Waals surface area contributed by atoms with Crippen LogP contribution in [0.3, 0.4) is 0 Å². The predicted octanol–water partition coefficient (Wildman–Crippen LogP) is 4.72. The van der Waals surface area contributed by atoms with Crippen molar-refractivity contribution in [2.75, 3.05) is 13.2 Å². The van der Waals surface area contributed by atoms with E-state index in [0.29, 0.717) is 23.6 Å². The Balaban J connectivity index is 0.00000114. The molecule has 32 heavy (non-hydrogen) atoms. The first-order chi connectivity index (χ1) is 15.3. The summed E-state index contributed by atoms with van der Waals surface area (Å²) in [6, 6.07) is 9.68. The van der Waals surface area contributed by atoms with Crippen molar-refractivity contribution in [2.24, 2.45) is 11.5 Å². The monoisotopic (exact) mass is 465 g/mol. The Kier molecular flexibility index (Phi) is 9.04. The fourth-order valence-electron chi connectivity index (χ4n) is 3.20. The maximum absolute atomic E-state index is 14.6. The normalized spacial score (nSPS) is 11.3. The van der Waals surface area contributed by atoms with Gasteiger partial charge in [-0.25, -0.2) is 18.2 Å². The second kappa shape index (κ2) is 11.5. The topological polar surface area (TPSA) is 91.2 Å². The molecular formula is C23H23ClF3N3O2. The van der Waals surface area contributed by atoms with E-state index in [1.54, 1.807) is 32.0 Å². The highest BCUT2D eigenvalue weighted by atomic mass is 35.5. The number of rotatable bonds is 6. The van der Waals surface area contributed by atoms with Gasteiger partial charge in [-0.3, -0.25) is 4.79 Å². The number of hydrogen-bond donors (Lipinski definition) is 2. The highest BCUT2D eigenvalue weighted by Crippen LogP contribution is 2.37. The molecule has 1 aromatic heterocycles. The smallest absolute Gasteiger partial charge is 0.204 e. The molecular weight excluding hydrogens is 443 g/mol. The molecule has 2 aromatic carbocycles. The number of nitrogens with two attached hydrogens (primary N) is 2. The zero-order chi connectivity index (χ0) is 23.8. The average molecular weight is 466 g/mol. The van der Waals surface area contributed by atoms with E-state index in [2.05, 4.69) is 10.7 Å². The highest BCUT2D eigenvalue weighted by molar-refractivity contribution is 6.31. The molecule has 0 bridgehead atoms. The lowest BCUT2D eigenvalue weighted by atomic mass is 9.93. The quantitative estimate of drug-likeness (QED) is 0.407. The number of aromatic nitrogens is 1. The molecule has 5 nitrogen and oxygen atoms in total. The van der Waals surface area contributed by atoms with E-state index < -0.39 is 11.6 Å². The largest absolute Gasteiger partial charge is 0.491 e. The summed E-state index contributed by atoms with van der Waals surface area (Å²) in [4.78, 5) is 13.2. The Morgan fingerprint density at radius 3 is 2.31 bits per heavy atom. The third-order valence-corrected chi connectivity index (χ3v) is 4.89. The molecule has 4 N–H and O–H groups in total. The molecule has 0 fully saturated rings. The van der Waals surface area contributed by atoms with Gasteiger partial charge in [0, 0.05) is 24.1 Å². The first kappa shape index (κ1) is 25.2. The van der Waals surface area contributed by atoms with Crippen LogP contribution >= 0.6 is 11.6 Å². The van der Waals surface area contributed by atoms with Gasteiger partial charge in [0.15, 0.2) is 0 Å². The molecule has 0 aliphatic heterocycles. The number of carbonyl (C=O) groups excluding carboxylic acids is 1. The Morgan fingerprint density at radius 2 is 1.75 bits per heavy atom. The van der Waals surface area contributed by atoms with Crippen LogP contribution in [0.5, 0.6) is 5.75 Å². The molecule has 0 spiro atoms. The van der Waals surface area contributed by atoms with E-state index in [-0.39, 0.29) is 41.0 Å². The first-order valence-corrected chi connectivity index (χ1v) is 10.0. The molecule has 3 aromatic rings. The number of halogens is 4. The van der Waals surface area contributed by atoms with Crippen LogP contribution < -0.4 is 16.2 Å². The molecule has 0 radical (unpaired) electrons. The molecule has 1 heterocycles. The first-order valence-electron chi connectivity index (χ1n) is 9.67. The van der Waals surface area contributed by atoms with Gasteiger partial charge in [0.25, 0.3) is 0 Å². The van der Waals surface area contributed by atoms with Crippen LogP contribution in [0, 0.1) is 24.4 Å². The molecule has 3 rings (SSSR count). The number of aryl methyl sites for hydroxylation is 1. The van der Waals surface area contributed by atoms with Crippen molar-refractivity contribution in [2.45, 2.75) is 19.8 Å². The van der Waals surface area contributed by atoms with E-state index in [0.717, 1.165) is 11.6 Å². The van der Waals surface area contributed by atoms with Gasteiger partial charge < -0.3 is 16.2 Å². The number of carbonyl (C=O) groups is 1. The number of hydrogen-bond acceptors (Lipinski definition) is 4. The number of benzene rings is 2. The minimum absolute atomic E-state index is 0.0275. The number of amides is 1. The van der Waals surface area contributed by atoms with Gasteiger partial charge in [-0.1, -0.05) is 23.7 Å². The minimum Gasteiger partial charge on any atom is -0.491 e. The summed E-state index contributed by atoms with van der Waals surface area (Å²) < 4.78 is 47.2. The van der Waals surface area contributed by atoms with Gasteiger partial charge in [0.2, 0.25) is 6.41 Å². The fourth-order valence-corrected chi connectivity index (χ4v) is 3.36. The lowest BCUT2D eigenvalue weighted by molar-refractivity contribution is -0.106. The minimum atomic E-state index is -0.857. The van der Waals surface area contributed by atoms with Crippen LogP contribution in [-0.2, 0) is 4.79 Å². The molecule has 0 aliphatic carbocycles. The third kappa shape index (κ3) is 5.77. The summed E-state index contributed by atoms with van der Waals surface area (Å²) in [5.41, 5.74) is 12.4. The Hall–Kier alpha value is -3.10. The Labute approximate surface area is 189 Å². The number of primary amides is 1. The predicted molar refractivity (Wildman–Crippen MR) is 118 cm³/mol. The molecule has 1 atom stereocenters. The molecule has 9 heteroatoms. The number of ether oxygens (including phenoxy) is 1. The maximum Gasteiger partial charge on any atom is 0.204 e. The SMILES string of the molecule is CCOc1c(C)cc(C(CN)c2ccc(F)cc2)nc1-c1cc(Cl)c(F)cc1F.NC=O. The molecule has 170 valence electrons. The highest BCUT2D eigenvalue weighted by Gasteiger charge is 2.22. The van der Waals surface area contributed by atoms with Gasteiger partial charge in [0.1, 0.15) is 28.9 Å². The van der Waals surface area contributed by atoms with E-state index in [9.17, 15) is 13.2 Å². The van der Waals surface area contributed by atoms with Gasteiger partial charge in [-0.15, -0.1) is 0 Å². The van der Waals surface area contributed by atoms with Crippen molar-refractivity contribution in [3.63, 3.8) is 0 Å². The molecule has 0 saturated carbocycles. The number of nitrogens with zero attached hydrogens (tertiary/aromatic N) is 1. The van der Waals surface area contributed by atoms with Crippen molar-refractivity contribution in [1.82, 2.24) is 4.98 Å². The summed E-state index contributed by atoms with van der Waals surface area (Å²) in [5.74, 6) is -1.98. The molecule has 0 saturated heterocycles. The average Bonchev–Trinajstić information content (AvgIpc) is 2.75. The summed E-state index contributed by atoms with van der Waals surface area (Å²) in [6.07, 6.45) is 0.250. The van der Waals surface area contributed by atoms with Gasteiger partial charge in [0.05, 0.1) is 17.3 Å². The van der Waals surface area contributed by atoms with Crippen molar-refractivity contribution >= 4 is 18.0 Å². The van der Waals surface area contributed by atoms with E-state index >= 15 is 0 Å². The van der Waals surface area contributed by atoms with Crippen LogP contribution in [0.1, 0.15) is 29.7 Å². The van der Waals surface area contributed by atoms with Crippen LogP contribution in [0.2, 0.25) is 5.02 Å². The molecule has 1 unspecified atom stereocenters. The Bertz CT molecular complexity index is 1080. The van der Waals surface area contributed by atoms with Crippen LogP contribution in [-0.4, -0.2) is 24.5 Å². The van der Waals surface area contributed by atoms with Crippen molar-refractivity contribution in [1.29, 1.82) is 0 Å². The van der Waals surface area contributed by atoms with Gasteiger partial charge in [-0.05, 0) is 49.2 Å². The van der Waals surface area contributed by atoms with E-state index in [1.807, 2.05) is 0 Å². The lowest BCUT2D eigenvalue weighted by Crippen LogP contribution is -2.16. The number of pyridine rings is 1.